The number of halogens is 1. The molecule has 1 heterocycles. The van der Waals surface area contributed by atoms with Gasteiger partial charge in [-0.25, -0.2) is 0 Å². The quantitative estimate of drug-likeness (QED) is 0.702. The first-order chi connectivity index (χ1) is 6.68. The summed E-state index contributed by atoms with van der Waals surface area (Å²) in [4.78, 5) is 13.3. The molecular weight excluding hydrogens is 331 g/mol. The molecule has 0 atom stereocenters. The number of nitrogens with zero attached hydrogens (tertiary/aromatic N) is 1. The first kappa shape index (κ1) is 10.4. The molecule has 0 saturated carbocycles. The fourth-order valence-electron chi connectivity index (χ4n) is 1.19. The van der Waals surface area contributed by atoms with Gasteiger partial charge in [0.05, 0.1) is 0 Å². The Kier molecular flexibility index (Phi) is 3.10. The molecule has 14 heavy (non-hydrogen) atoms. The first-order valence-electron chi connectivity index (χ1n) is 3.94. The van der Waals surface area contributed by atoms with Crippen molar-refractivity contribution in [3.63, 3.8) is 0 Å². The first-order valence-corrected chi connectivity index (χ1v) is 7.24. The molecule has 0 unspecified atom stereocenters. The summed E-state index contributed by atoms with van der Waals surface area (Å²) in [6, 6.07) is 7.31. The topological polar surface area (TPSA) is 20.3 Å². The van der Waals surface area contributed by atoms with E-state index in [1.807, 2.05) is 12.1 Å². The number of hydrogen-bond donors (Lipinski definition) is 0. The molecule has 1 aliphatic heterocycles. The van der Waals surface area contributed by atoms with E-state index in [4.69, 9.17) is 11.6 Å². The van der Waals surface area contributed by atoms with Gasteiger partial charge in [-0.15, -0.1) is 0 Å². The SMILES string of the molecule is O=C1C[Se]C(=[Se])N1c1ccc(Cl)cc1. The Bertz CT molecular complexity index is 374. The van der Waals surface area contributed by atoms with Gasteiger partial charge in [0.2, 0.25) is 0 Å². The number of anilines is 1. The molecular formula is C9H6ClNOSe2. The maximum absolute atomic E-state index is 11.5. The van der Waals surface area contributed by atoms with Crippen molar-refractivity contribution in [3.8, 4) is 0 Å². The van der Waals surface area contributed by atoms with Crippen molar-refractivity contribution >= 4 is 57.2 Å². The normalized spacial score (nSPS) is 16.5. The van der Waals surface area contributed by atoms with Crippen LogP contribution in [0.4, 0.5) is 5.69 Å². The second-order valence-corrected chi connectivity index (χ2v) is 7.34. The molecule has 0 bridgehead atoms. The van der Waals surface area contributed by atoms with Gasteiger partial charge in [0.15, 0.2) is 0 Å². The molecule has 1 aromatic carbocycles. The molecule has 1 aromatic rings. The Morgan fingerprint density at radius 1 is 1.36 bits per heavy atom. The number of hydrogen-bond acceptors (Lipinski definition) is 1. The third-order valence-corrected chi connectivity index (χ3v) is 5.48. The van der Waals surface area contributed by atoms with E-state index in [9.17, 15) is 4.79 Å². The molecule has 0 radical (unpaired) electrons. The van der Waals surface area contributed by atoms with Crippen molar-refractivity contribution in [3.05, 3.63) is 29.3 Å². The van der Waals surface area contributed by atoms with Crippen LogP contribution in [-0.4, -0.2) is 39.9 Å². The van der Waals surface area contributed by atoms with Gasteiger partial charge in [0.1, 0.15) is 0 Å². The van der Waals surface area contributed by atoms with Crippen LogP contribution in [0, 0.1) is 0 Å². The van der Waals surface area contributed by atoms with Crippen molar-refractivity contribution in [1.82, 2.24) is 0 Å². The molecule has 0 aromatic heterocycles. The van der Waals surface area contributed by atoms with E-state index in [0.717, 1.165) is 9.13 Å². The summed E-state index contributed by atoms with van der Waals surface area (Å²) in [6.45, 7) is 0. The molecule has 0 aliphatic carbocycles. The summed E-state index contributed by atoms with van der Waals surface area (Å²) in [5, 5.41) is 1.34. The van der Waals surface area contributed by atoms with E-state index >= 15 is 0 Å². The minimum absolute atomic E-state index is 0.168. The third-order valence-electron chi connectivity index (χ3n) is 1.84. The van der Waals surface area contributed by atoms with Gasteiger partial charge < -0.3 is 0 Å². The molecule has 2 rings (SSSR count). The summed E-state index contributed by atoms with van der Waals surface area (Å²) >= 11 is 9.00. The summed E-state index contributed by atoms with van der Waals surface area (Å²) in [5.41, 5.74) is 0.896. The number of carbonyl (C=O) groups is 1. The van der Waals surface area contributed by atoms with Crippen LogP contribution < -0.4 is 4.90 Å². The summed E-state index contributed by atoms with van der Waals surface area (Å²) in [7, 11) is 0. The van der Waals surface area contributed by atoms with Crippen LogP contribution in [0.1, 0.15) is 0 Å². The zero-order chi connectivity index (χ0) is 10.1. The Labute approximate surface area is 101 Å². The molecule has 1 aliphatic rings. The van der Waals surface area contributed by atoms with Crippen LogP contribution in [0.15, 0.2) is 24.3 Å². The predicted octanol–water partition coefficient (Wildman–Crippen LogP) is 1.06. The van der Waals surface area contributed by atoms with Gasteiger partial charge in [0.25, 0.3) is 0 Å². The van der Waals surface area contributed by atoms with Crippen molar-refractivity contribution in [2.24, 2.45) is 0 Å². The Morgan fingerprint density at radius 3 is 2.50 bits per heavy atom. The average molecular weight is 338 g/mol. The Hall–Kier alpha value is -0.111. The van der Waals surface area contributed by atoms with Gasteiger partial charge in [-0.3, -0.25) is 0 Å². The molecule has 1 fully saturated rings. The number of rotatable bonds is 1. The van der Waals surface area contributed by atoms with E-state index in [-0.39, 0.29) is 20.9 Å². The summed E-state index contributed by atoms with van der Waals surface area (Å²) in [6.07, 6.45) is 0. The fourth-order valence-corrected chi connectivity index (χ4v) is 3.89. The predicted molar refractivity (Wildman–Crippen MR) is 60.3 cm³/mol. The summed E-state index contributed by atoms with van der Waals surface area (Å²) < 4.78 is 1.05. The molecule has 0 N–H and O–H groups in total. The Morgan fingerprint density at radius 2 is 2.00 bits per heavy atom. The van der Waals surface area contributed by atoms with Gasteiger partial charge in [-0.1, -0.05) is 0 Å². The molecule has 5 heteroatoms. The molecule has 2 nitrogen and oxygen atoms in total. The second-order valence-electron chi connectivity index (χ2n) is 2.76. The van der Waals surface area contributed by atoms with Crippen LogP contribution in [-0.2, 0) is 4.79 Å². The standard InChI is InChI=1S/C9H6ClNOSe2/c10-6-1-3-7(4-2-6)11-8(12)5-14-9(11)13/h1-4H,5H2. The van der Waals surface area contributed by atoms with E-state index in [2.05, 4.69) is 15.6 Å². The zero-order valence-corrected chi connectivity index (χ0v) is 11.2. The van der Waals surface area contributed by atoms with Crippen LogP contribution in [0.2, 0.25) is 10.3 Å². The molecule has 72 valence electrons. The third kappa shape index (κ3) is 1.95. The number of benzene rings is 1. The van der Waals surface area contributed by atoms with Gasteiger partial charge in [0, 0.05) is 0 Å². The van der Waals surface area contributed by atoms with Gasteiger partial charge >= 0.3 is 101 Å². The van der Waals surface area contributed by atoms with Gasteiger partial charge in [-0.05, 0) is 0 Å². The van der Waals surface area contributed by atoms with Crippen molar-refractivity contribution in [2.45, 2.75) is 5.32 Å². The fraction of sp³-hybridized carbons (Fsp3) is 0.111. The Balaban J connectivity index is 2.34. The van der Waals surface area contributed by atoms with E-state index in [1.165, 1.54) is 0 Å². The van der Waals surface area contributed by atoms with Crippen LogP contribution in [0.25, 0.3) is 0 Å². The zero-order valence-electron chi connectivity index (χ0n) is 7.07. The minimum atomic E-state index is 0.168. The van der Waals surface area contributed by atoms with E-state index in [1.54, 1.807) is 17.0 Å². The van der Waals surface area contributed by atoms with Crippen molar-refractivity contribution < 1.29 is 4.79 Å². The second kappa shape index (κ2) is 4.18. The molecule has 0 spiro atoms. The molecule has 1 saturated heterocycles. The van der Waals surface area contributed by atoms with Crippen LogP contribution in [0.5, 0.6) is 0 Å². The van der Waals surface area contributed by atoms with Gasteiger partial charge in [-0.2, -0.15) is 0 Å². The number of amides is 1. The van der Waals surface area contributed by atoms with E-state index in [0.29, 0.717) is 10.3 Å². The molecule has 1 amide bonds. The monoisotopic (exact) mass is 339 g/mol. The van der Waals surface area contributed by atoms with E-state index < -0.39 is 0 Å². The summed E-state index contributed by atoms with van der Waals surface area (Å²) in [5.74, 6) is 0.168. The number of carbonyl (C=O) groups excluding carboxylic acids is 1. The average Bonchev–Trinajstić information content (AvgIpc) is 2.49. The van der Waals surface area contributed by atoms with Crippen LogP contribution in [0.3, 0.4) is 0 Å². The van der Waals surface area contributed by atoms with Crippen LogP contribution >= 0.6 is 11.6 Å². The van der Waals surface area contributed by atoms with Crippen molar-refractivity contribution in [1.29, 1.82) is 0 Å². The van der Waals surface area contributed by atoms with Crippen molar-refractivity contribution in [2.75, 3.05) is 4.90 Å². The maximum atomic E-state index is 11.5.